The van der Waals surface area contributed by atoms with Gasteiger partial charge in [-0.15, -0.1) is 0 Å². The number of unbranched alkanes of at least 4 members (excludes halogenated alkanes) is 2. The van der Waals surface area contributed by atoms with Gasteiger partial charge in [0.05, 0.1) is 0 Å². The van der Waals surface area contributed by atoms with Gasteiger partial charge in [-0.25, -0.2) is 9.59 Å². The standard InChI is InChI=1S/C13H26N2O3S/c1-10(2)9-11(12(16)17)15-13(18)14-7-5-4-6-8-19-3/h10-11H,4-9H2,1-3H3,(H,16,17)(H2,14,15,18)/t11-/m1/s1. The second-order valence-electron chi connectivity index (χ2n) is 4.97. The zero-order valence-electron chi connectivity index (χ0n) is 12.1. The highest BCUT2D eigenvalue weighted by atomic mass is 32.2. The highest BCUT2D eigenvalue weighted by Crippen LogP contribution is 2.05. The van der Waals surface area contributed by atoms with Crippen molar-refractivity contribution in [3.05, 3.63) is 0 Å². The van der Waals surface area contributed by atoms with E-state index < -0.39 is 18.0 Å². The third-order valence-corrected chi connectivity index (χ3v) is 3.32. The Kier molecular flexibility index (Phi) is 10.4. The van der Waals surface area contributed by atoms with Gasteiger partial charge in [0.25, 0.3) is 0 Å². The molecule has 0 aromatic heterocycles. The number of urea groups is 1. The molecule has 0 radical (unpaired) electrons. The quantitative estimate of drug-likeness (QED) is 0.540. The number of thioether (sulfide) groups is 1. The van der Waals surface area contributed by atoms with E-state index in [-0.39, 0.29) is 5.92 Å². The fourth-order valence-corrected chi connectivity index (χ4v) is 2.15. The second-order valence-corrected chi connectivity index (χ2v) is 5.96. The van der Waals surface area contributed by atoms with Gasteiger partial charge in [-0.05, 0) is 37.2 Å². The summed E-state index contributed by atoms with van der Waals surface area (Å²) >= 11 is 1.82. The van der Waals surface area contributed by atoms with Gasteiger partial charge >= 0.3 is 12.0 Å². The van der Waals surface area contributed by atoms with Gasteiger partial charge < -0.3 is 15.7 Å². The molecule has 112 valence electrons. The topological polar surface area (TPSA) is 78.4 Å². The molecular formula is C13H26N2O3S. The third kappa shape index (κ3) is 10.7. The molecule has 0 rings (SSSR count). The van der Waals surface area contributed by atoms with Gasteiger partial charge in [0.15, 0.2) is 0 Å². The van der Waals surface area contributed by atoms with E-state index in [9.17, 15) is 9.59 Å². The Hall–Kier alpha value is -0.910. The number of carbonyl (C=O) groups excluding carboxylic acids is 1. The van der Waals surface area contributed by atoms with Crippen LogP contribution in [0.25, 0.3) is 0 Å². The van der Waals surface area contributed by atoms with Gasteiger partial charge in [0.1, 0.15) is 6.04 Å². The number of amides is 2. The number of carboxylic acids is 1. The molecule has 0 bridgehead atoms. The normalized spacial score (nSPS) is 12.2. The van der Waals surface area contributed by atoms with E-state index in [0.29, 0.717) is 13.0 Å². The van der Waals surface area contributed by atoms with E-state index in [4.69, 9.17) is 5.11 Å². The summed E-state index contributed by atoms with van der Waals surface area (Å²) < 4.78 is 0. The van der Waals surface area contributed by atoms with Crippen molar-refractivity contribution < 1.29 is 14.7 Å². The Morgan fingerprint density at radius 1 is 1.21 bits per heavy atom. The van der Waals surface area contributed by atoms with E-state index in [2.05, 4.69) is 16.9 Å². The SMILES string of the molecule is CSCCCCCNC(=O)N[C@H](CC(C)C)C(=O)O. The number of hydrogen-bond acceptors (Lipinski definition) is 3. The summed E-state index contributed by atoms with van der Waals surface area (Å²) in [5.41, 5.74) is 0. The monoisotopic (exact) mass is 290 g/mol. The van der Waals surface area contributed by atoms with E-state index in [0.717, 1.165) is 25.0 Å². The maximum Gasteiger partial charge on any atom is 0.326 e. The van der Waals surface area contributed by atoms with E-state index in [1.54, 1.807) is 0 Å². The van der Waals surface area contributed by atoms with Gasteiger partial charge in [-0.2, -0.15) is 11.8 Å². The minimum Gasteiger partial charge on any atom is -0.480 e. The van der Waals surface area contributed by atoms with Gasteiger partial charge in [-0.1, -0.05) is 20.3 Å². The predicted octanol–water partition coefficient (Wildman–Crippen LogP) is 2.32. The molecule has 0 spiro atoms. The zero-order chi connectivity index (χ0) is 14.7. The van der Waals surface area contributed by atoms with Crippen molar-refractivity contribution in [1.82, 2.24) is 10.6 Å². The summed E-state index contributed by atoms with van der Waals surface area (Å²) in [6.07, 6.45) is 5.67. The van der Waals surface area contributed by atoms with Crippen molar-refractivity contribution in [2.75, 3.05) is 18.6 Å². The third-order valence-electron chi connectivity index (χ3n) is 2.62. The first-order valence-corrected chi connectivity index (χ1v) is 8.12. The first kappa shape index (κ1) is 18.1. The van der Waals surface area contributed by atoms with E-state index >= 15 is 0 Å². The number of hydrogen-bond donors (Lipinski definition) is 3. The van der Waals surface area contributed by atoms with Crippen molar-refractivity contribution in [3.63, 3.8) is 0 Å². The molecule has 0 fully saturated rings. The molecule has 0 saturated heterocycles. The first-order valence-electron chi connectivity index (χ1n) is 6.73. The number of carboxylic acid groups (broad SMARTS) is 1. The summed E-state index contributed by atoms with van der Waals surface area (Å²) in [6.45, 7) is 4.46. The summed E-state index contributed by atoms with van der Waals surface area (Å²) in [6, 6.07) is -1.20. The molecule has 0 aromatic rings. The van der Waals surface area contributed by atoms with Crippen LogP contribution in [-0.2, 0) is 4.79 Å². The molecule has 5 nitrogen and oxygen atoms in total. The molecule has 0 aliphatic heterocycles. The van der Waals surface area contributed by atoms with E-state index in [1.807, 2.05) is 25.6 Å². The Balaban J connectivity index is 3.78. The van der Waals surface area contributed by atoms with Crippen molar-refractivity contribution in [2.45, 2.75) is 45.6 Å². The van der Waals surface area contributed by atoms with Crippen LogP contribution in [0.4, 0.5) is 4.79 Å². The highest BCUT2D eigenvalue weighted by Gasteiger charge is 2.20. The Labute approximate surface area is 119 Å². The number of aliphatic carboxylic acids is 1. The van der Waals surface area contributed by atoms with E-state index in [1.165, 1.54) is 0 Å². The fraction of sp³-hybridized carbons (Fsp3) is 0.846. The molecule has 0 saturated carbocycles. The minimum absolute atomic E-state index is 0.230. The number of nitrogens with one attached hydrogen (secondary N) is 2. The lowest BCUT2D eigenvalue weighted by Crippen LogP contribution is -2.46. The van der Waals surface area contributed by atoms with Gasteiger partial charge in [0.2, 0.25) is 0 Å². The van der Waals surface area contributed by atoms with Crippen molar-refractivity contribution >= 4 is 23.8 Å². The summed E-state index contributed by atoms with van der Waals surface area (Å²) in [5, 5.41) is 14.2. The van der Waals surface area contributed by atoms with Crippen molar-refractivity contribution in [2.24, 2.45) is 5.92 Å². The first-order chi connectivity index (χ1) is 8.97. The molecule has 0 unspecified atom stereocenters. The van der Waals surface area contributed by atoms with Crippen LogP contribution in [-0.4, -0.2) is 41.7 Å². The largest absolute Gasteiger partial charge is 0.480 e. The molecule has 0 aliphatic carbocycles. The summed E-state index contributed by atoms with van der Waals surface area (Å²) in [5.74, 6) is 0.388. The average molecular weight is 290 g/mol. The van der Waals surface area contributed by atoms with Crippen LogP contribution in [0.1, 0.15) is 39.5 Å². The highest BCUT2D eigenvalue weighted by molar-refractivity contribution is 7.98. The van der Waals surface area contributed by atoms with Crippen LogP contribution in [0.15, 0.2) is 0 Å². The summed E-state index contributed by atoms with van der Waals surface area (Å²) in [7, 11) is 0. The maximum atomic E-state index is 11.5. The lowest BCUT2D eigenvalue weighted by molar-refractivity contribution is -0.139. The summed E-state index contributed by atoms with van der Waals surface area (Å²) in [4.78, 5) is 22.5. The smallest absolute Gasteiger partial charge is 0.326 e. The van der Waals surface area contributed by atoms with Crippen LogP contribution < -0.4 is 10.6 Å². The van der Waals surface area contributed by atoms with Gasteiger partial charge in [-0.3, -0.25) is 0 Å². The number of rotatable bonds is 10. The zero-order valence-corrected chi connectivity index (χ0v) is 12.9. The molecule has 0 heterocycles. The van der Waals surface area contributed by atoms with Crippen LogP contribution >= 0.6 is 11.8 Å². The molecule has 0 aromatic carbocycles. The van der Waals surface area contributed by atoms with Crippen LogP contribution in [0.5, 0.6) is 0 Å². The second kappa shape index (κ2) is 11.0. The Morgan fingerprint density at radius 3 is 2.42 bits per heavy atom. The average Bonchev–Trinajstić information content (AvgIpc) is 2.32. The lowest BCUT2D eigenvalue weighted by Gasteiger charge is -2.16. The molecular weight excluding hydrogens is 264 g/mol. The molecule has 6 heteroatoms. The molecule has 2 amide bonds. The van der Waals surface area contributed by atoms with Gasteiger partial charge in [0, 0.05) is 6.54 Å². The van der Waals surface area contributed by atoms with Crippen LogP contribution in [0.2, 0.25) is 0 Å². The predicted molar refractivity (Wildman–Crippen MR) is 79.6 cm³/mol. The molecule has 3 N–H and O–H groups in total. The Morgan fingerprint density at radius 2 is 1.89 bits per heavy atom. The molecule has 19 heavy (non-hydrogen) atoms. The van der Waals surface area contributed by atoms with Crippen LogP contribution in [0, 0.1) is 5.92 Å². The number of carbonyl (C=O) groups is 2. The minimum atomic E-state index is -0.983. The Bertz CT molecular complexity index is 273. The maximum absolute atomic E-state index is 11.5. The van der Waals surface area contributed by atoms with Crippen LogP contribution in [0.3, 0.4) is 0 Å². The molecule has 0 aliphatic rings. The van der Waals surface area contributed by atoms with Crippen molar-refractivity contribution in [1.29, 1.82) is 0 Å². The lowest BCUT2D eigenvalue weighted by atomic mass is 10.0. The molecule has 1 atom stereocenters. The fourth-order valence-electron chi connectivity index (χ4n) is 1.65. The van der Waals surface area contributed by atoms with Crippen molar-refractivity contribution in [3.8, 4) is 0 Å².